The molecule has 0 aliphatic carbocycles. The molecule has 0 fully saturated rings. The second kappa shape index (κ2) is 6.62. The van der Waals surface area contributed by atoms with Crippen molar-refractivity contribution in [1.29, 1.82) is 5.26 Å². The van der Waals surface area contributed by atoms with Gasteiger partial charge in [0.2, 0.25) is 0 Å². The van der Waals surface area contributed by atoms with Crippen molar-refractivity contribution in [3.05, 3.63) is 63.7 Å². The lowest BCUT2D eigenvalue weighted by atomic mass is 10.1. The summed E-state index contributed by atoms with van der Waals surface area (Å²) < 4.78 is 5.87. The smallest absolute Gasteiger partial charge is 0.124 e. The van der Waals surface area contributed by atoms with Gasteiger partial charge in [0.15, 0.2) is 0 Å². The maximum absolute atomic E-state index is 8.88. The van der Waals surface area contributed by atoms with E-state index in [4.69, 9.17) is 27.3 Å². The normalized spacial score (nSPS) is 11.8. The zero-order valence-corrected chi connectivity index (χ0v) is 12.8. The van der Waals surface area contributed by atoms with Crippen LogP contribution in [-0.2, 0) is 6.61 Å². The van der Waals surface area contributed by atoms with Crippen LogP contribution in [-0.4, -0.2) is 0 Å². The van der Waals surface area contributed by atoms with Gasteiger partial charge in [0.05, 0.1) is 11.6 Å². The summed E-state index contributed by atoms with van der Waals surface area (Å²) in [7, 11) is 0. The molecular weight excluding hydrogens is 284 g/mol. The van der Waals surface area contributed by atoms with E-state index in [1.54, 1.807) is 12.1 Å². The van der Waals surface area contributed by atoms with Crippen LogP contribution in [0.4, 0.5) is 0 Å². The lowest BCUT2D eigenvalue weighted by Crippen LogP contribution is -2.08. The molecule has 3 nitrogen and oxygen atoms in total. The summed E-state index contributed by atoms with van der Waals surface area (Å²) in [5, 5.41) is 9.52. The molecule has 0 aliphatic heterocycles. The molecule has 2 N–H and O–H groups in total. The topological polar surface area (TPSA) is 59.0 Å². The van der Waals surface area contributed by atoms with Crippen LogP contribution in [0, 0.1) is 18.3 Å². The van der Waals surface area contributed by atoms with Gasteiger partial charge in [0, 0.05) is 16.6 Å². The highest BCUT2D eigenvalue weighted by Crippen LogP contribution is 2.28. The van der Waals surface area contributed by atoms with Gasteiger partial charge >= 0.3 is 0 Å². The minimum absolute atomic E-state index is 0.152. The van der Waals surface area contributed by atoms with E-state index >= 15 is 0 Å². The minimum Gasteiger partial charge on any atom is -0.489 e. The third-order valence-electron chi connectivity index (χ3n) is 3.32. The van der Waals surface area contributed by atoms with Crippen molar-refractivity contribution in [2.75, 3.05) is 0 Å². The van der Waals surface area contributed by atoms with Crippen molar-refractivity contribution in [1.82, 2.24) is 0 Å². The standard InChI is InChI=1S/C17H17ClN2O/c1-11-7-13(9-19)3-4-14(11)10-21-17-6-5-15(18)8-16(17)12(2)20/h3-8,12H,10,20H2,1-2H3/t12-/m0/s1. The van der Waals surface area contributed by atoms with Crippen molar-refractivity contribution in [2.24, 2.45) is 5.73 Å². The largest absolute Gasteiger partial charge is 0.489 e. The van der Waals surface area contributed by atoms with E-state index in [2.05, 4.69) is 6.07 Å². The van der Waals surface area contributed by atoms with Gasteiger partial charge in [-0.3, -0.25) is 0 Å². The monoisotopic (exact) mass is 300 g/mol. The summed E-state index contributed by atoms with van der Waals surface area (Å²) in [6.45, 7) is 4.29. The molecule has 2 aromatic carbocycles. The predicted molar refractivity (Wildman–Crippen MR) is 84.3 cm³/mol. The number of rotatable bonds is 4. The van der Waals surface area contributed by atoms with Crippen LogP contribution < -0.4 is 10.5 Å². The number of ether oxygens (including phenoxy) is 1. The van der Waals surface area contributed by atoms with Gasteiger partial charge in [0.25, 0.3) is 0 Å². The minimum atomic E-state index is -0.152. The second-order valence-corrected chi connectivity index (χ2v) is 5.45. The molecule has 4 heteroatoms. The van der Waals surface area contributed by atoms with Gasteiger partial charge in [-0.25, -0.2) is 0 Å². The van der Waals surface area contributed by atoms with Crippen molar-refractivity contribution in [2.45, 2.75) is 26.5 Å². The summed E-state index contributed by atoms with van der Waals surface area (Å²) >= 11 is 5.99. The van der Waals surface area contributed by atoms with Crippen molar-refractivity contribution < 1.29 is 4.74 Å². The Balaban J connectivity index is 2.19. The molecule has 0 spiro atoms. The number of nitrogens with zero attached hydrogens (tertiary/aromatic N) is 1. The quantitative estimate of drug-likeness (QED) is 0.924. The third-order valence-corrected chi connectivity index (χ3v) is 3.55. The molecule has 0 saturated heterocycles. The Bertz CT molecular complexity index is 690. The zero-order chi connectivity index (χ0) is 15.4. The average molecular weight is 301 g/mol. The Hall–Kier alpha value is -2.02. The highest BCUT2D eigenvalue weighted by atomic mass is 35.5. The number of halogens is 1. The first-order valence-electron chi connectivity index (χ1n) is 6.68. The first-order chi connectivity index (χ1) is 10.0. The molecule has 0 aliphatic rings. The molecule has 0 radical (unpaired) electrons. The molecule has 0 heterocycles. The molecule has 1 atom stereocenters. The third kappa shape index (κ3) is 3.75. The van der Waals surface area contributed by atoms with Crippen LogP contribution in [0.1, 0.15) is 35.2 Å². The summed E-state index contributed by atoms with van der Waals surface area (Å²) in [6.07, 6.45) is 0. The van der Waals surface area contributed by atoms with Crippen LogP contribution >= 0.6 is 11.6 Å². The van der Waals surface area contributed by atoms with E-state index in [1.807, 2.05) is 38.1 Å². The fourth-order valence-corrected chi connectivity index (χ4v) is 2.27. The Morgan fingerprint density at radius 1 is 1.29 bits per heavy atom. The summed E-state index contributed by atoms with van der Waals surface area (Å²) in [5.74, 6) is 0.734. The highest BCUT2D eigenvalue weighted by molar-refractivity contribution is 6.30. The molecule has 2 rings (SSSR count). The Labute approximate surface area is 129 Å². The Morgan fingerprint density at radius 2 is 2.05 bits per heavy atom. The molecule has 0 unspecified atom stereocenters. The fraction of sp³-hybridized carbons (Fsp3) is 0.235. The van der Waals surface area contributed by atoms with Crippen molar-refractivity contribution >= 4 is 11.6 Å². The van der Waals surface area contributed by atoms with Gasteiger partial charge in [0.1, 0.15) is 12.4 Å². The molecular formula is C17H17ClN2O. The van der Waals surface area contributed by atoms with Crippen molar-refractivity contribution in [3.8, 4) is 11.8 Å². The number of nitriles is 1. The highest BCUT2D eigenvalue weighted by Gasteiger charge is 2.10. The van der Waals surface area contributed by atoms with Gasteiger partial charge < -0.3 is 10.5 Å². The second-order valence-electron chi connectivity index (χ2n) is 5.01. The molecule has 0 amide bonds. The van der Waals surface area contributed by atoms with E-state index in [0.29, 0.717) is 17.2 Å². The van der Waals surface area contributed by atoms with E-state index in [-0.39, 0.29) is 6.04 Å². The number of hydrogen-bond donors (Lipinski definition) is 1. The lowest BCUT2D eigenvalue weighted by Gasteiger charge is -2.15. The van der Waals surface area contributed by atoms with Gasteiger partial charge in [-0.2, -0.15) is 5.26 Å². The lowest BCUT2D eigenvalue weighted by molar-refractivity contribution is 0.300. The number of benzene rings is 2. The van der Waals surface area contributed by atoms with E-state index in [9.17, 15) is 0 Å². The van der Waals surface area contributed by atoms with Crippen LogP contribution in [0.2, 0.25) is 5.02 Å². The average Bonchev–Trinajstić information content (AvgIpc) is 2.46. The zero-order valence-electron chi connectivity index (χ0n) is 12.1. The SMILES string of the molecule is Cc1cc(C#N)ccc1COc1ccc(Cl)cc1[C@H](C)N. The summed E-state index contributed by atoms with van der Waals surface area (Å²) in [5.41, 5.74) is 9.55. The molecule has 21 heavy (non-hydrogen) atoms. The molecule has 0 aromatic heterocycles. The Morgan fingerprint density at radius 3 is 2.67 bits per heavy atom. The number of hydrogen-bond acceptors (Lipinski definition) is 3. The molecule has 2 aromatic rings. The van der Waals surface area contributed by atoms with E-state index in [1.165, 1.54) is 0 Å². The fourth-order valence-electron chi connectivity index (χ4n) is 2.09. The molecule has 108 valence electrons. The van der Waals surface area contributed by atoms with E-state index < -0.39 is 0 Å². The van der Waals surface area contributed by atoms with Gasteiger partial charge in [-0.1, -0.05) is 17.7 Å². The van der Waals surface area contributed by atoms with Crippen LogP contribution in [0.5, 0.6) is 5.75 Å². The first-order valence-corrected chi connectivity index (χ1v) is 7.06. The van der Waals surface area contributed by atoms with Gasteiger partial charge in [-0.15, -0.1) is 0 Å². The van der Waals surface area contributed by atoms with Crippen LogP contribution in [0.25, 0.3) is 0 Å². The maximum atomic E-state index is 8.88. The molecule has 0 saturated carbocycles. The predicted octanol–water partition coefficient (Wildman–Crippen LogP) is 4.12. The van der Waals surface area contributed by atoms with Crippen molar-refractivity contribution in [3.63, 3.8) is 0 Å². The summed E-state index contributed by atoms with van der Waals surface area (Å²) in [6, 6.07) is 13.0. The number of nitrogens with two attached hydrogens (primary N) is 1. The van der Waals surface area contributed by atoms with Crippen LogP contribution in [0.3, 0.4) is 0 Å². The van der Waals surface area contributed by atoms with Crippen LogP contribution in [0.15, 0.2) is 36.4 Å². The summed E-state index contributed by atoms with van der Waals surface area (Å²) in [4.78, 5) is 0. The first kappa shape index (κ1) is 15.4. The van der Waals surface area contributed by atoms with Gasteiger partial charge in [-0.05, 0) is 55.3 Å². The van der Waals surface area contributed by atoms with E-state index in [0.717, 1.165) is 22.4 Å². The maximum Gasteiger partial charge on any atom is 0.124 e. The Kier molecular flexibility index (Phi) is 4.85. The number of aryl methyl sites for hydroxylation is 1. The molecule has 0 bridgehead atoms.